The van der Waals surface area contributed by atoms with Crippen LogP contribution in [0.25, 0.3) is 22.2 Å². The Hall–Kier alpha value is -3.14. The summed E-state index contributed by atoms with van der Waals surface area (Å²) in [7, 11) is 1.64. The van der Waals surface area contributed by atoms with Crippen LogP contribution >= 0.6 is 11.7 Å². The number of hydrogen-bond donors (Lipinski definition) is 1. The highest BCUT2D eigenvalue weighted by Gasteiger charge is 2.19. The SMILES string of the molecule is C=C(F)CC(C)n1c(=O)n(C)c2cnc(Nc3cc4nsnc4cc3C)nc21. The number of nitrogens with zero attached hydrogens (tertiary/aromatic N) is 6. The van der Waals surface area contributed by atoms with Crippen molar-refractivity contribution in [2.24, 2.45) is 7.05 Å². The number of nitrogens with one attached hydrogen (secondary N) is 1. The van der Waals surface area contributed by atoms with E-state index in [-0.39, 0.29) is 12.1 Å². The number of aromatic nitrogens is 6. The number of anilines is 2. The third kappa shape index (κ3) is 3.05. The van der Waals surface area contributed by atoms with Gasteiger partial charge in [-0.3, -0.25) is 9.13 Å². The zero-order valence-electron chi connectivity index (χ0n) is 15.6. The van der Waals surface area contributed by atoms with Gasteiger partial charge < -0.3 is 5.32 Å². The molecule has 8 nitrogen and oxygen atoms in total. The van der Waals surface area contributed by atoms with Crippen molar-refractivity contribution in [1.82, 2.24) is 27.8 Å². The summed E-state index contributed by atoms with van der Waals surface area (Å²) in [5, 5.41) is 3.18. The van der Waals surface area contributed by atoms with Crippen LogP contribution in [-0.4, -0.2) is 27.8 Å². The van der Waals surface area contributed by atoms with Crippen molar-refractivity contribution in [3.63, 3.8) is 0 Å². The van der Waals surface area contributed by atoms with Gasteiger partial charge in [0.2, 0.25) is 5.95 Å². The first-order valence-corrected chi connectivity index (χ1v) is 9.35. The topological polar surface area (TPSA) is 90.5 Å². The Morgan fingerprint density at radius 2 is 2.07 bits per heavy atom. The first-order chi connectivity index (χ1) is 13.3. The Labute approximate surface area is 163 Å². The summed E-state index contributed by atoms with van der Waals surface area (Å²) < 4.78 is 24.7. The molecule has 144 valence electrons. The normalized spacial score (nSPS) is 12.6. The van der Waals surface area contributed by atoms with E-state index in [9.17, 15) is 9.18 Å². The molecule has 3 aromatic heterocycles. The van der Waals surface area contributed by atoms with E-state index >= 15 is 0 Å². The standard InChI is InChI=1S/C18H18FN7OS/c1-9-5-13-14(24-28-23-13)7-12(9)21-17-20-8-15-16(22-17)26(18(27)25(15)4)11(3)6-10(2)19/h5,7-8,11H,2,6H2,1,3-4H3,(H,20,21,22). The average Bonchev–Trinajstić information content (AvgIpc) is 3.17. The number of aryl methyl sites for hydroxylation is 2. The Morgan fingerprint density at radius 3 is 2.79 bits per heavy atom. The molecule has 0 aliphatic carbocycles. The van der Waals surface area contributed by atoms with Gasteiger partial charge in [0, 0.05) is 25.2 Å². The van der Waals surface area contributed by atoms with Crippen molar-refractivity contribution in [2.75, 3.05) is 5.32 Å². The summed E-state index contributed by atoms with van der Waals surface area (Å²) in [6.07, 6.45) is 1.62. The second kappa shape index (κ2) is 6.79. The van der Waals surface area contributed by atoms with Gasteiger partial charge in [0.1, 0.15) is 16.6 Å². The quantitative estimate of drug-likeness (QED) is 0.551. The summed E-state index contributed by atoms with van der Waals surface area (Å²) in [5.41, 5.74) is 4.12. The number of benzene rings is 1. The summed E-state index contributed by atoms with van der Waals surface area (Å²) in [6.45, 7) is 7.01. The molecule has 0 fully saturated rings. The Morgan fingerprint density at radius 1 is 1.36 bits per heavy atom. The molecule has 1 unspecified atom stereocenters. The van der Waals surface area contributed by atoms with E-state index in [0.29, 0.717) is 17.1 Å². The van der Waals surface area contributed by atoms with Crippen molar-refractivity contribution < 1.29 is 4.39 Å². The molecule has 3 heterocycles. The van der Waals surface area contributed by atoms with E-state index in [2.05, 4.69) is 30.6 Å². The second-order valence-electron chi connectivity index (χ2n) is 6.73. The number of halogens is 1. The third-order valence-electron chi connectivity index (χ3n) is 4.64. The second-order valence-corrected chi connectivity index (χ2v) is 7.26. The molecule has 0 saturated heterocycles. The minimum absolute atomic E-state index is 0.0401. The summed E-state index contributed by atoms with van der Waals surface area (Å²) in [4.78, 5) is 21.5. The predicted molar refractivity (Wildman–Crippen MR) is 108 cm³/mol. The molecule has 0 amide bonds. The lowest BCUT2D eigenvalue weighted by molar-refractivity contribution is 0.470. The number of imidazole rings is 1. The molecule has 0 saturated carbocycles. The van der Waals surface area contributed by atoms with E-state index in [4.69, 9.17) is 0 Å². The molecule has 0 spiro atoms. The van der Waals surface area contributed by atoms with Crippen molar-refractivity contribution in [2.45, 2.75) is 26.3 Å². The monoisotopic (exact) mass is 399 g/mol. The van der Waals surface area contributed by atoms with E-state index in [1.807, 2.05) is 19.1 Å². The van der Waals surface area contributed by atoms with Gasteiger partial charge in [0.05, 0.1) is 23.8 Å². The fraction of sp³-hybridized carbons (Fsp3) is 0.278. The van der Waals surface area contributed by atoms with Crippen molar-refractivity contribution in [1.29, 1.82) is 0 Å². The lowest BCUT2D eigenvalue weighted by Crippen LogP contribution is -2.25. The summed E-state index contributed by atoms with van der Waals surface area (Å²) in [5.74, 6) is -0.145. The molecule has 4 aromatic rings. The molecule has 0 bridgehead atoms. The van der Waals surface area contributed by atoms with Gasteiger partial charge in [-0.2, -0.15) is 13.7 Å². The van der Waals surface area contributed by atoms with Crippen molar-refractivity contribution in [3.05, 3.63) is 46.8 Å². The van der Waals surface area contributed by atoms with Crippen LogP contribution in [0.1, 0.15) is 24.9 Å². The maximum absolute atomic E-state index is 13.3. The first kappa shape index (κ1) is 18.2. The largest absolute Gasteiger partial charge is 0.330 e. The molecule has 28 heavy (non-hydrogen) atoms. The number of hydrogen-bond acceptors (Lipinski definition) is 7. The first-order valence-electron chi connectivity index (χ1n) is 8.62. The van der Waals surface area contributed by atoms with Crippen LogP contribution in [0.2, 0.25) is 0 Å². The Kier molecular flexibility index (Phi) is 4.42. The van der Waals surface area contributed by atoms with Gasteiger partial charge in [0.25, 0.3) is 0 Å². The number of rotatable bonds is 5. The minimum Gasteiger partial charge on any atom is -0.324 e. The highest BCUT2D eigenvalue weighted by atomic mass is 32.1. The van der Waals surface area contributed by atoms with Gasteiger partial charge in [-0.25, -0.2) is 14.2 Å². The van der Waals surface area contributed by atoms with Gasteiger partial charge >= 0.3 is 5.69 Å². The fourth-order valence-corrected chi connectivity index (χ4v) is 3.71. The van der Waals surface area contributed by atoms with Crippen LogP contribution in [0.3, 0.4) is 0 Å². The third-order valence-corrected chi connectivity index (χ3v) is 5.19. The molecule has 0 aliphatic rings. The lowest BCUT2D eigenvalue weighted by atomic mass is 10.2. The molecule has 4 rings (SSSR count). The predicted octanol–water partition coefficient (Wildman–Crippen LogP) is 3.62. The Balaban J connectivity index is 1.79. The fourth-order valence-electron chi connectivity index (χ4n) is 3.20. The molecule has 0 radical (unpaired) electrons. The minimum atomic E-state index is -0.482. The molecular formula is C18H18FN7OS. The molecule has 1 atom stereocenters. The maximum Gasteiger partial charge on any atom is 0.330 e. The van der Waals surface area contributed by atoms with E-state index in [1.54, 1.807) is 20.2 Å². The number of allylic oxidation sites excluding steroid dienone is 1. The number of fused-ring (bicyclic) bond motifs is 2. The smallest absolute Gasteiger partial charge is 0.324 e. The van der Waals surface area contributed by atoms with Gasteiger partial charge in [-0.15, -0.1) is 0 Å². The van der Waals surface area contributed by atoms with E-state index in [1.165, 1.54) is 9.13 Å². The van der Waals surface area contributed by atoms with Crippen molar-refractivity contribution >= 4 is 45.6 Å². The molecular weight excluding hydrogens is 381 g/mol. The summed E-state index contributed by atoms with van der Waals surface area (Å²) >= 11 is 1.16. The average molecular weight is 399 g/mol. The van der Waals surface area contributed by atoms with Gasteiger partial charge in [0.15, 0.2) is 5.65 Å². The molecule has 0 aliphatic heterocycles. The molecule has 1 aromatic carbocycles. The van der Waals surface area contributed by atoms with Crippen LogP contribution in [0.4, 0.5) is 16.0 Å². The van der Waals surface area contributed by atoms with Crippen LogP contribution in [0, 0.1) is 6.92 Å². The van der Waals surface area contributed by atoms with Crippen LogP contribution in [0.5, 0.6) is 0 Å². The highest BCUT2D eigenvalue weighted by Crippen LogP contribution is 2.25. The van der Waals surface area contributed by atoms with E-state index < -0.39 is 11.9 Å². The lowest BCUT2D eigenvalue weighted by Gasteiger charge is -2.12. The highest BCUT2D eigenvalue weighted by molar-refractivity contribution is 7.00. The van der Waals surface area contributed by atoms with Gasteiger partial charge in [-0.1, -0.05) is 6.58 Å². The summed E-state index contributed by atoms with van der Waals surface area (Å²) in [6, 6.07) is 3.40. The molecule has 10 heteroatoms. The van der Waals surface area contributed by atoms with Crippen molar-refractivity contribution in [3.8, 4) is 0 Å². The van der Waals surface area contributed by atoms with Crippen LogP contribution in [-0.2, 0) is 7.05 Å². The zero-order valence-corrected chi connectivity index (χ0v) is 16.4. The Bertz CT molecular complexity index is 1270. The molecule has 1 N–H and O–H groups in total. The van der Waals surface area contributed by atoms with Gasteiger partial charge in [-0.05, 0) is 31.5 Å². The maximum atomic E-state index is 13.3. The zero-order chi connectivity index (χ0) is 20.0. The van der Waals surface area contributed by atoms with Crippen LogP contribution < -0.4 is 11.0 Å². The van der Waals surface area contributed by atoms with E-state index in [0.717, 1.165) is 34.0 Å². The van der Waals surface area contributed by atoms with Crippen LogP contribution in [0.15, 0.2) is 35.5 Å².